The van der Waals surface area contributed by atoms with Crippen LogP contribution in [0.25, 0.3) is 5.65 Å². The van der Waals surface area contributed by atoms with Crippen molar-refractivity contribution in [1.29, 1.82) is 0 Å². The number of aromatic nitrogens is 3. The number of hydrogen-bond donors (Lipinski definition) is 1. The maximum absolute atomic E-state index is 5.72. The van der Waals surface area contributed by atoms with Crippen LogP contribution in [-0.2, 0) is 5.88 Å². The van der Waals surface area contributed by atoms with Crippen molar-refractivity contribution in [1.82, 2.24) is 14.6 Å². The fourth-order valence-electron chi connectivity index (χ4n) is 1.75. The van der Waals surface area contributed by atoms with Crippen molar-refractivity contribution in [3.63, 3.8) is 0 Å². The molecule has 0 aliphatic rings. The Balaban J connectivity index is 2.88. The van der Waals surface area contributed by atoms with Crippen molar-refractivity contribution in [2.75, 3.05) is 0 Å². The van der Waals surface area contributed by atoms with E-state index in [1.54, 1.807) is 4.52 Å². The predicted octanol–water partition coefficient (Wildman–Crippen LogP) is 1.72. The van der Waals surface area contributed by atoms with E-state index < -0.39 is 0 Å². The lowest BCUT2D eigenvalue weighted by molar-refractivity contribution is 0.883. The van der Waals surface area contributed by atoms with Crippen LogP contribution in [0.2, 0.25) is 0 Å². The van der Waals surface area contributed by atoms with Gasteiger partial charge >= 0.3 is 0 Å². The first-order valence-electron chi connectivity index (χ1n) is 4.76. The van der Waals surface area contributed by atoms with E-state index in [2.05, 4.69) is 10.1 Å². The Labute approximate surface area is 103 Å². The summed E-state index contributed by atoms with van der Waals surface area (Å²) in [7, 11) is 0. The molecule has 0 fully saturated rings. The van der Waals surface area contributed by atoms with Crippen LogP contribution in [0.1, 0.15) is 22.6 Å². The summed E-state index contributed by atoms with van der Waals surface area (Å²) >= 11 is 10.7. The fraction of sp³-hybridized carbons (Fsp3) is 0.300. The van der Waals surface area contributed by atoms with Crippen molar-refractivity contribution in [3.05, 3.63) is 28.7 Å². The monoisotopic (exact) mass is 254 g/mol. The summed E-state index contributed by atoms with van der Waals surface area (Å²) in [6.45, 7) is 3.91. The summed E-state index contributed by atoms with van der Waals surface area (Å²) in [5.41, 5.74) is 9.14. The first kappa shape index (κ1) is 11.3. The van der Waals surface area contributed by atoms with Gasteiger partial charge < -0.3 is 5.73 Å². The molecule has 2 heterocycles. The van der Waals surface area contributed by atoms with Crippen molar-refractivity contribution in [2.24, 2.45) is 5.73 Å². The number of rotatable bonds is 2. The van der Waals surface area contributed by atoms with Gasteiger partial charge in [0.15, 0.2) is 11.5 Å². The van der Waals surface area contributed by atoms with Crippen LogP contribution in [0.3, 0.4) is 0 Å². The number of nitrogens with two attached hydrogens (primary N) is 1. The van der Waals surface area contributed by atoms with Crippen LogP contribution >= 0.6 is 23.8 Å². The number of aryl methyl sites for hydroxylation is 2. The van der Waals surface area contributed by atoms with E-state index in [9.17, 15) is 0 Å². The van der Waals surface area contributed by atoms with Gasteiger partial charge in [-0.3, -0.25) is 0 Å². The minimum Gasteiger partial charge on any atom is -0.389 e. The van der Waals surface area contributed by atoms with Crippen LogP contribution in [0.4, 0.5) is 0 Å². The zero-order valence-corrected chi connectivity index (χ0v) is 10.6. The molecule has 0 aliphatic carbocycles. The topological polar surface area (TPSA) is 56.2 Å². The molecular formula is C10H11ClN4S. The third kappa shape index (κ3) is 1.66. The van der Waals surface area contributed by atoms with E-state index in [1.807, 2.05) is 19.9 Å². The number of alkyl halides is 1. The van der Waals surface area contributed by atoms with Gasteiger partial charge in [0.2, 0.25) is 0 Å². The zero-order chi connectivity index (χ0) is 11.9. The SMILES string of the molecule is Cc1cc(C)n2nc(CCl)nc2c1C(N)=S. The number of nitrogens with zero attached hydrogens (tertiary/aromatic N) is 3. The summed E-state index contributed by atoms with van der Waals surface area (Å²) in [6.07, 6.45) is 0. The summed E-state index contributed by atoms with van der Waals surface area (Å²) in [5.74, 6) is 0.851. The molecular weight excluding hydrogens is 244 g/mol. The second-order valence-electron chi connectivity index (χ2n) is 3.61. The van der Waals surface area contributed by atoms with E-state index >= 15 is 0 Å². The minimum absolute atomic E-state index is 0.275. The van der Waals surface area contributed by atoms with Crippen LogP contribution in [0, 0.1) is 13.8 Å². The average Bonchev–Trinajstić information content (AvgIpc) is 2.61. The van der Waals surface area contributed by atoms with E-state index in [1.165, 1.54) is 0 Å². The van der Waals surface area contributed by atoms with Gasteiger partial charge in [-0.1, -0.05) is 12.2 Å². The summed E-state index contributed by atoms with van der Waals surface area (Å²) < 4.78 is 1.72. The quantitative estimate of drug-likeness (QED) is 0.655. The molecule has 16 heavy (non-hydrogen) atoms. The molecule has 0 atom stereocenters. The van der Waals surface area contributed by atoms with Gasteiger partial charge in [0, 0.05) is 5.69 Å². The van der Waals surface area contributed by atoms with Crippen molar-refractivity contribution in [2.45, 2.75) is 19.7 Å². The highest BCUT2D eigenvalue weighted by atomic mass is 35.5. The van der Waals surface area contributed by atoms with Gasteiger partial charge in [-0.05, 0) is 25.5 Å². The normalized spacial score (nSPS) is 10.9. The highest BCUT2D eigenvalue weighted by Crippen LogP contribution is 2.17. The van der Waals surface area contributed by atoms with E-state index in [-0.39, 0.29) is 5.88 Å². The third-order valence-corrected chi connectivity index (χ3v) is 2.84. The van der Waals surface area contributed by atoms with Crippen molar-refractivity contribution in [3.8, 4) is 0 Å². The standard InChI is InChI=1S/C10H11ClN4S/c1-5-3-6(2)15-10(8(5)9(12)16)13-7(4-11)14-15/h3H,4H2,1-2H3,(H2,12,16). The van der Waals surface area contributed by atoms with Crippen molar-refractivity contribution < 1.29 is 0 Å². The molecule has 6 heteroatoms. The number of hydrogen-bond acceptors (Lipinski definition) is 3. The Morgan fingerprint density at radius 2 is 2.25 bits per heavy atom. The highest BCUT2D eigenvalue weighted by Gasteiger charge is 2.14. The zero-order valence-electron chi connectivity index (χ0n) is 8.99. The van der Waals surface area contributed by atoms with Gasteiger partial charge in [-0.2, -0.15) is 0 Å². The molecule has 0 saturated heterocycles. The molecule has 0 aromatic carbocycles. The number of fused-ring (bicyclic) bond motifs is 1. The number of thiocarbonyl (C=S) groups is 1. The molecule has 0 amide bonds. The van der Waals surface area contributed by atoms with Crippen LogP contribution in [0.5, 0.6) is 0 Å². The lowest BCUT2D eigenvalue weighted by Crippen LogP contribution is -2.14. The Morgan fingerprint density at radius 3 is 2.81 bits per heavy atom. The highest BCUT2D eigenvalue weighted by molar-refractivity contribution is 7.80. The molecule has 2 rings (SSSR count). The number of pyridine rings is 1. The number of halogens is 1. The van der Waals surface area contributed by atoms with Crippen molar-refractivity contribution >= 4 is 34.5 Å². The average molecular weight is 255 g/mol. The smallest absolute Gasteiger partial charge is 0.166 e. The molecule has 2 aromatic heterocycles. The fourth-order valence-corrected chi connectivity index (χ4v) is 2.11. The second kappa shape index (κ2) is 3.99. The van der Waals surface area contributed by atoms with E-state index in [4.69, 9.17) is 29.6 Å². The molecule has 0 radical (unpaired) electrons. The molecule has 0 unspecified atom stereocenters. The Hall–Kier alpha value is -1.20. The van der Waals surface area contributed by atoms with Gasteiger partial charge in [0.25, 0.3) is 0 Å². The molecule has 0 saturated carbocycles. The Kier molecular flexibility index (Phi) is 2.82. The largest absolute Gasteiger partial charge is 0.389 e. The molecule has 2 aromatic rings. The Bertz CT molecular complexity index is 576. The Morgan fingerprint density at radius 1 is 1.56 bits per heavy atom. The first-order valence-corrected chi connectivity index (χ1v) is 5.70. The van der Waals surface area contributed by atoms with Gasteiger partial charge in [0.05, 0.1) is 11.4 Å². The lowest BCUT2D eigenvalue weighted by atomic mass is 10.1. The third-order valence-electron chi connectivity index (χ3n) is 2.39. The molecule has 0 bridgehead atoms. The van der Waals surface area contributed by atoms with E-state index in [0.717, 1.165) is 16.8 Å². The predicted molar refractivity (Wildman–Crippen MR) is 67.9 cm³/mol. The molecule has 0 spiro atoms. The second-order valence-corrected chi connectivity index (χ2v) is 4.31. The summed E-state index contributed by atoms with van der Waals surface area (Å²) in [5, 5.41) is 4.27. The van der Waals surface area contributed by atoms with Crippen LogP contribution in [-0.4, -0.2) is 19.6 Å². The first-order chi connectivity index (χ1) is 7.54. The minimum atomic E-state index is 0.275. The van der Waals surface area contributed by atoms with E-state index in [0.29, 0.717) is 16.5 Å². The molecule has 0 aliphatic heterocycles. The maximum Gasteiger partial charge on any atom is 0.166 e. The molecule has 84 valence electrons. The van der Waals surface area contributed by atoms with Gasteiger partial charge in [-0.25, -0.2) is 9.50 Å². The molecule has 2 N–H and O–H groups in total. The van der Waals surface area contributed by atoms with Crippen LogP contribution < -0.4 is 5.73 Å². The summed E-state index contributed by atoms with van der Waals surface area (Å²) in [4.78, 5) is 4.66. The molecule has 4 nitrogen and oxygen atoms in total. The van der Waals surface area contributed by atoms with Crippen LogP contribution in [0.15, 0.2) is 6.07 Å². The lowest BCUT2D eigenvalue weighted by Gasteiger charge is -2.07. The maximum atomic E-state index is 5.72. The summed E-state index contributed by atoms with van der Waals surface area (Å²) in [6, 6.07) is 1.98. The van der Waals surface area contributed by atoms with Gasteiger partial charge in [0.1, 0.15) is 4.99 Å². The van der Waals surface area contributed by atoms with Gasteiger partial charge in [-0.15, -0.1) is 16.7 Å².